The van der Waals surface area contributed by atoms with Crippen LogP contribution < -0.4 is 15.5 Å². The maximum absolute atomic E-state index is 12.6. The number of nitrogens with one attached hydrogen (secondary N) is 1. The van der Waals surface area contributed by atoms with Crippen LogP contribution in [0.2, 0.25) is 0 Å². The van der Waals surface area contributed by atoms with Crippen molar-refractivity contribution in [2.75, 3.05) is 12.4 Å². The Hall–Kier alpha value is -2.74. The van der Waals surface area contributed by atoms with Gasteiger partial charge in [-0.3, -0.25) is 14.9 Å². The highest BCUT2D eigenvalue weighted by molar-refractivity contribution is 7.13. The van der Waals surface area contributed by atoms with Gasteiger partial charge in [-0.05, 0) is 12.1 Å². The lowest BCUT2D eigenvalue weighted by Gasteiger charge is -2.11. The third-order valence-corrected chi connectivity index (χ3v) is 3.82. The predicted molar refractivity (Wildman–Crippen MR) is 83.6 cm³/mol. The number of hydrogen-bond acceptors (Lipinski definition) is 6. The minimum Gasteiger partial charge on any atom is -0.495 e. The summed E-state index contributed by atoms with van der Waals surface area (Å²) in [6.45, 7) is 0. The van der Waals surface area contributed by atoms with E-state index in [0.717, 1.165) is 0 Å². The molecule has 0 aliphatic rings. The molecule has 0 spiro atoms. The van der Waals surface area contributed by atoms with Gasteiger partial charge in [-0.15, -0.1) is 10.2 Å². The zero-order valence-electron chi connectivity index (χ0n) is 11.9. The van der Waals surface area contributed by atoms with Crippen LogP contribution in [0.15, 0.2) is 34.7 Å². The normalized spacial score (nSPS) is 10.6. The molecule has 0 aliphatic carbocycles. The summed E-state index contributed by atoms with van der Waals surface area (Å²) in [5.41, 5.74) is 1.83. The van der Waals surface area contributed by atoms with Crippen molar-refractivity contribution in [2.24, 2.45) is 7.05 Å². The zero-order valence-corrected chi connectivity index (χ0v) is 12.7. The van der Waals surface area contributed by atoms with Crippen molar-refractivity contribution in [3.63, 3.8) is 0 Å². The highest BCUT2D eigenvalue weighted by atomic mass is 32.1. The molecule has 0 fully saturated rings. The Balaban J connectivity index is 2.14. The quantitative estimate of drug-likeness (QED) is 0.794. The summed E-state index contributed by atoms with van der Waals surface area (Å²) < 4.78 is 6.97. The molecule has 0 bridgehead atoms. The molecule has 0 aliphatic heterocycles. The van der Waals surface area contributed by atoms with Gasteiger partial charge >= 0.3 is 0 Å². The second-order valence-corrected chi connectivity index (χ2v) is 5.37. The third kappa shape index (κ3) is 2.33. The van der Waals surface area contributed by atoms with Gasteiger partial charge in [0.15, 0.2) is 0 Å². The second kappa shape index (κ2) is 5.57. The summed E-state index contributed by atoms with van der Waals surface area (Å²) in [6.07, 6.45) is 1.49. The molecule has 0 saturated heterocycles. The molecule has 0 saturated carbocycles. The highest BCUT2D eigenvalue weighted by Crippen LogP contribution is 2.23. The summed E-state index contributed by atoms with van der Waals surface area (Å²) in [5.74, 6) is 0.0650. The number of amides is 1. The maximum Gasteiger partial charge on any atom is 0.262 e. The number of anilines is 1. The number of carbonyl (C=O) groups excluding carboxylic acids is 1. The number of para-hydroxylation sites is 1. The number of carbonyl (C=O) groups is 1. The molecular weight excluding hydrogens is 304 g/mol. The molecule has 2 heterocycles. The Morgan fingerprint density at radius 3 is 2.91 bits per heavy atom. The van der Waals surface area contributed by atoms with E-state index < -0.39 is 5.91 Å². The number of hydrogen-bond donors (Lipinski definition) is 1. The number of nitrogens with zero attached hydrogens (tertiary/aromatic N) is 3. The average molecular weight is 316 g/mol. The van der Waals surface area contributed by atoms with Gasteiger partial charge in [0.2, 0.25) is 10.6 Å². The van der Waals surface area contributed by atoms with Gasteiger partial charge in [0.05, 0.1) is 18.0 Å². The first-order valence-electron chi connectivity index (χ1n) is 6.35. The molecule has 1 aromatic carbocycles. The molecular formula is C14H12N4O3S. The lowest BCUT2D eigenvalue weighted by Crippen LogP contribution is -2.23. The van der Waals surface area contributed by atoms with Gasteiger partial charge in [-0.1, -0.05) is 17.4 Å². The monoisotopic (exact) mass is 316 g/mol. The Kier molecular flexibility index (Phi) is 3.60. The van der Waals surface area contributed by atoms with Crippen LogP contribution in [0.1, 0.15) is 10.4 Å². The summed E-state index contributed by atoms with van der Waals surface area (Å²) >= 11 is 1.18. The van der Waals surface area contributed by atoms with Crippen LogP contribution in [0, 0.1) is 0 Å². The fourth-order valence-corrected chi connectivity index (χ4v) is 2.69. The molecule has 3 rings (SSSR count). The molecule has 22 heavy (non-hydrogen) atoms. The molecule has 2 aromatic heterocycles. The average Bonchev–Trinajstić information content (AvgIpc) is 3.02. The van der Waals surface area contributed by atoms with Crippen molar-refractivity contribution in [2.45, 2.75) is 0 Å². The number of pyridine rings is 1. The molecule has 0 radical (unpaired) electrons. The number of benzene rings is 1. The Labute approximate surface area is 129 Å². The van der Waals surface area contributed by atoms with Gasteiger partial charge in [0.1, 0.15) is 16.8 Å². The number of aromatic nitrogens is 3. The summed E-state index contributed by atoms with van der Waals surface area (Å²) in [5, 5.41) is 10.7. The van der Waals surface area contributed by atoms with Crippen molar-refractivity contribution >= 4 is 33.3 Å². The van der Waals surface area contributed by atoms with E-state index in [1.54, 1.807) is 29.8 Å². The van der Waals surface area contributed by atoms with E-state index in [1.807, 2.05) is 0 Å². The molecule has 1 N–H and O–H groups in total. The Morgan fingerprint density at radius 2 is 2.23 bits per heavy atom. The fraction of sp³-hybridized carbons (Fsp3) is 0.143. The van der Waals surface area contributed by atoms with E-state index >= 15 is 0 Å². The van der Waals surface area contributed by atoms with Crippen LogP contribution in [0.4, 0.5) is 5.13 Å². The smallest absolute Gasteiger partial charge is 0.262 e. The maximum atomic E-state index is 12.6. The fourth-order valence-electron chi connectivity index (χ4n) is 2.25. The minimum absolute atomic E-state index is 0.0402. The van der Waals surface area contributed by atoms with Gasteiger partial charge in [-0.2, -0.15) is 0 Å². The molecule has 1 amide bonds. The highest BCUT2D eigenvalue weighted by Gasteiger charge is 2.17. The lowest BCUT2D eigenvalue weighted by atomic mass is 10.1. The molecule has 8 heteroatoms. The van der Waals surface area contributed by atoms with E-state index in [4.69, 9.17) is 4.74 Å². The van der Waals surface area contributed by atoms with Crippen molar-refractivity contribution in [1.82, 2.24) is 14.8 Å². The lowest BCUT2D eigenvalue weighted by molar-refractivity contribution is 0.102. The largest absolute Gasteiger partial charge is 0.495 e. The van der Waals surface area contributed by atoms with Crippen LogP contribution >= 0.6 is 11.3 Å². The zero-order chi connectivity index (χ0) is 15.7. The van der Waals surface area contributed by atoms with Crippen LogP contribution in [-0.4, -0.2) is 27.8 Å². The van der Waals surface area contributed by atoms with Gasteiger partial charge in [0.25, 0.3) is 5.91 Å². The summed E-state index contributed by atoms with van der Waals surface area (Å²) in [7, 11) is 3.29. The first kappa shape index (κ1) is 14.2. The SMILES string of the molecule is COc1cccc2c(=O)c(C(=O)Nc3nncs3)cn(C)c12. The third-order valence-electron chi connectivity index (χ3n) is 3.21. The van der Waals surface area contributed by atoms with Crippen LogP contribution in [-0.2, 0) is 7.05 Å². The first-order valence-corrected chi connectivity index (χ1v) is 7.23. The minimum atomic E-state index is -0.512. The van der Waals surface area contributed by atoms with Crippen LogP contribution in [0.25, 0.3) is 10.9 Å². The summed E-state index contributed by atoms with van der Waals surface area (Å²) in [4.78, 5) is 24.8. The molecule has 3 aromatic rings. The van der Waals surface area contributed by atoms with E-state index in [-0.39, 0.29) is 11.0 Å². The predicted octanol–water partition coefficient (Wildman–Crippen LogP) is 1.65. The van der Waals surface area contributed by atoms with Gasteiger partial charge in [-0.25, -0.2) is 0 Å². The van der Waals surface area contributed by atoms with Gasteiger partial charge in [0, 0.05) is 13.2 Å². The summed E-state index contributed by atoms with van der Waals surface area (Å²) in [6, 6.07) is 5.15. The molecule has 0 atom stereocenters. The van der Waals surface area contributed by atoms with Crippen molar-refractivity contribution in [3.8, 4) is 5.75 Å². The van der Waals surface area contributed by atoms with E-state index in [2.05, 4.69) is 15.5 Å². The van der Waals surface area contributed by atoms with Gasteiger partial charge < -0.3 is 9.30 Å². The van der Waals surface area contributed by atoms with E-state index in [9.17, 15) is 9.59 Å². The number of rotatable bonds is 3. The second-order valence-electron chi connectivity index (χ2n) is 4.54. The number of methoxy groups -OCH3 is 1. The van der Waals surface area contributed by atoms with Crippen molar-refractivity contribution in [3.05, 3.63) is 45.7 Å². The van der Waals surface area contributed by atoms with Crippen molar-refractivity contribution in [1.29, 1.82) is 0 Å². The topological polar surface area (TPSA) is 86.1 Å². The first-order chi connectivity index (χ1) is 10.6. The Bertz CT molecular complexity index is 902. The molecule has 0 unspecified atom stereocenters. The van der Waals surface area contributed by atoms with Crippen LogP contribution in [0.3, 0.4) is 0 Å². The van der Waals surface area contributed by atoms with Crippen molar-refractivity contribution < 1.29 is 9.53 Å². The van der Waals surface area contributed by atoms with Crippen LogP contribution in [0.5, 0.6) is 5.75 Å². The molecule has 7 nitrogen and oxygen atoms in total. The molecule has 112 valence electrons. The Morgan fingerprint density at radius 1 is 1.41 bits per heavy atom. The standard InChI is InChI=1S/C14H12N4O3S/c1-18-6-9(13(20)16-14-17-15-7-22-14)12(19)8-4-3-5-10(21-2)11(8)18/h3-7H,1-2H3,(H,16,17,20). The van der Waals surface area contributed by atoms with E-state index in [1.165, 1.54) is 30.2 Å². The number of fused-ring (bicyclic) bond motifs is 1. The number of aryl methyl sites for hydroxylation is 1. The number of ether oxygens (including phenoxy) is 1. The van der Waals surface area contributed by atoms with E-state index in [0.29, 0.717) is 21.8 Å².